The van der Waals surface area contributed by atoms with Gasteiger partial charge in [0.2, 0.25) is 0 Å². The molecule has 1 aliphatic rings. The van der Waals surface area contributed by atoms with Crippen molar-refractivity contribution in [2.75, 3.05) is 19.0 Å². The molecule has 6 heteroatoms. The molecular formula is C20H18N2O2S2. The summed E-state index contributed by atoms with van der Waals surface area (Å²) < 4.78 is 0.261. The van der Waals surface area contributed by atoms with Gasteiger partial charge in [-0.2, -0.15) is 0 Å². The number of carbonyl (C=O) groups excluding carboxylic acids is 2. The summed E-state index contributed by atoms with van der Waals surface area (Å²) >= 11 is 6.42. The highest BCUT2D eigenvalue weighted by atomic mass is 32.2. The first-order valence-electron chi connectivity index (χ1n) is 8.03. The maximum Gasteiger partial charge on any atom is 0.273 e. The number of thiocarbonyl (C=S) groups is 1. The van der Waals surface area contributed by atoms with Gasteiger partial charge in [-0.1, -0.05) is 53.8 Å². The van der Waals surface area contributed by atoms with Gasteiger partial charge in [-0.3, -0.25) is 9.59 Å². The van der Waals surface area contributed by atoms with E-state index in [1.165, 1.54) is 0 Å². The van der Waals surface area contributed by atoms with E-state index in [1.807, 2.05) is 62.3 Å². The lowest BCUT2D eigenvalue weighted by Crippen LogP contribution is -2.34. The van der Waals surface area contributed by atoms with Gasteiger partial charge in [0.1, 0.15) is 0 Å². The molecule has 2 aromatic carbocycles. The van der Waals surface area contributed by atoms with Crippen molar-refractivity contribution in [2.24, 2.45) is 0 Å². The van der Waals surface area contributed by atoms with Crippen molar-refractivity contribution in [3.63, 3.8) is 0 Å². The van der Waals surface area contributed by atoms with Crippen LogP contribution in [0.3, 0.4) is 0 Å². The molecule has 1 fully saturated rings. The van der Waals surface area contributed by atoms with Gasteiger partial charge in [0.25, 0.3) is 11.8 Å². The van der Waals surface area contributed by atoms with Gasteiger partial charge in [-0.25, -0.2) is 4.90 Å². The summed E-state index contributed by atoms with van der Waals surface area (Å²) in [6, 6.07) is 14.9. The highest BCUT2D eigenvalue weighted by Crippen LogP contribution is 2.33. The molecule has 4 nitrogen and oxygen atoms in total. The number of hydrogen-bond acceptors (Lipinski definition) is 5. The van der Waals surface area contributed by atoms with Gasteiger partial charge in [-0.05, 0) is 42.8 Å². The van der Waals surface area contributed by atoms with Crippen LogP contribution in [0.4, 0.5) is 5.69 Å². The Balaban J connectivity index is 1.84. The van der Waals surface area contributed by atoms with E-state index in [9.17, 15) is 9.59 Å². The molecule has 1 aliphatic heterocycles. The van der Waals surface area contributed by atoms with E-state index < -0.39 is 0 Å². The molecule has 0 aliphatic carbocycles. The molecule has 1 saturated heterocycles. The van der Waals surface area contributed by atoms with Crippen LogP contribution in [0.5, 0.6) is 0 Å². The maximum absolute atomic E-state index is 12.7. The highest BCUT2D eigenvalue weighted by Gasteiger charge is 2.37. The molecule has 0 spiro atoms. The van der Waals surface area contributed by atoms with Crippen LogP contribution in [0.15, 0.2) is 53.4 Å². The van der Waals surface area contributed by atoms with E-state index in [-0.39, 0.29) is 16.1 Å². The Morgan fingerprint density at radius 1 is 1.08 bits per heavy atom. The first-order chi connectivity index (χ1) is 12.4. The number of hydrogen-bond donors (Lipinski definition) is 0. The summed E-state index contributed by atoms with van der Waals surface area (Å²) in [6.45, 7) is 1.94. The molecule has 26 heavy (non-hydrogen) atoms. The predicted molar refractivity (Wildman–Crippen MR) is 111 cm³/mol. The predicted octanol–water partition coefficient (Wildman–Crippen LogP) is 4.10. The number of amides is 2. The van der Waals surface area contributed by atoms with E-state index in [0.29, 0.717) is 10.5 Å². The second-order valence-corrected chi connectivity index (χ2v) is 7.85. The Labute approximate surface area is 162 Å². The second kappa shape index (κ2) is 7.43. The molecule has 0 atom stereocenters. The van der Waals surface area contributed by atoms with E-state index in [0.717, 1.165) is 33.5 Å². The molecule has 0 unspecified atom stereocenters. The quantitative estimate of drug-likeness (QED) is 0.454. The van der Waals surface area contributed by atoms with Crippen LogP contribution in [-0.2, 0) is 4.79 Å². The first-order valence-corrected chi connectivity index (χ1v) is 9.25. The standard InChI is InChI=1S/C20H18N2O2S2/c1-13-4-8-15(9-5-13)18(23)22-19(24)17(26-20(22)25)12-14-6-10-16(11-7-14)21(2)3/h4-12H,1-3H3/b17-12+. The zero-order chi connectivity index (χ0) is 18.8. The van der Waals surface area contributed by atoms with E-state index in [4.69, 9.17) is 12.2 Å². The molecule has 2 amide bonds. The summed E-state index contributed by atoms with van der Waals surface area (Å²) in [5, 5.41) is 0. The number of thioether (sulfide) groups is 1. The lowest BCUT2D eigenvalue weighted by Gasteiger charge is -2.12. The summed E-state index contributed by atoms with van der Waals surface area (Å²) in [7, 11) is 3.94. The van der Waals surface area contributed by atoms with Gasteiger partial charge < -0.3 is 4.90 Å². The van der Waals surface area contributed by atoms with Crippen LogP contribution in [0.25, 0.3) is 6.08 Å². The fourth-order valence-electron chi connectivity index (χ4n) is 2.49. The Kier molecular flexibility index (Phi) is 5.25. The van der Waals surface area contributed by atoms with Crippen LogP contribution < -0.4 is 4.90 Å². The molecule has 3 rings (SSSR count). The van der Waals surface area contributed by atoms with E-state index >= 15 is 0 Å². The maximum atomic E-state index is 12.7. The third-order valence-electron chi connectivity index (χ3n) is 4.00. The van der Waals surface area contributed by atoms with Crippen molar-refractivity contribution in [1.29, 1.82) is 0 Å². The second-order valence-electron chi connectivity index (χ2n) is 6.17. The normalized spacial score (nSPS) is 15.7. The molecule has 0 bridgehead atoms. The third kappa shape index (κ3) is 3.71. The van der Waals surface area contributed by atoms with Gasteiger partial charge in [-0.15, -0.1) is 0 Å². The minimum absolute atomic E-state index is 0.261. The monoisotopic (exact) mass is 382 g/mol. The summed E-state index contributed by atoms with van der Waals surface area (Å²) in [4.78, 5) is 28.9. The lowest BCUT2D eigenvalue weighted by atomic mass is 10.1. The molecule has 0 saturated carbocycles. The highest BCUT2D eigenvalue weighted by molar-refractivity contribution is 8.26. The third-order valence-corrected chi connectivity index (χ3v) is 5.30. The molecule has 132 valence electrons. The molecular weight excluding hydrogens is 364 g/mol. The van der Waals surface area contributed by atoms with Crippen LogP contribution in [0.2, 0.25) is 0 Å². The number of benzene rings is 2. The molecule has 0 radical (unpaired) electrons. The van der Waals surface area contributed by atoms with Gasteiger partial charge in [0.15, 0.2) is 4.32 Å². The number of nitrogens with zero attached hydrogens (tertiary/aromatic N) is 2. The number of rotatable bonds is 3. The Morgan fingerprint density at radius 3 is 2.27 bits per heavy atom. The average Bonchev–Trinajstić information content (AvgIpc) is 2.89. The largest absolute Gasteiger partial charge is 0.378 e. The zero-order valence-electron chi connectivity index (χ0n) is 14.7. The summed E-state index contributed by atoms with van der Waals surface area (Å²) in [5.74, 6) is -0.763. The van der Waals surface area contributed by atoms with Crippen LogP contribution in [0.1, 0.15) is 21.5 Å². The smallest absolute Gasteiger partial charge is 0.273 e. The first kappa shape index (κ1) is 18.4. The van der Waals surface area contributed by atoms with E-state index in [1.54, 1.807) is 18.2 Å². The van der Waals surface area contributed by atoms with Crippen molar-refractivity contribution in [1.82, 2.24) is 4.90 Å². The van der Waals surface area contributed by atoms with Gasteiger partial charge in [0.05, 0.1) is 4.91 Å². The SMILES string of the molecule is Cc1ccc(C(=O)N2C(=O)/C(=C\c3ccc(N(C)C)cc3)SC2=S)cc1. The zero-order valence-corrected chi connectivity index (χ0v) is 16.4. The molecule has 2 aromatic rings. The van der Waals surface area contributed by atoms with Crippen LogP contribution in [0, 0.1) is 6.92 Å². The number of carbonyl (C=O) groups is 2. The summed E-state index contributed by atoms with van der Waals surface area (Å²) in [6.07, 6.45) is 1.77. The average molecular weight is 383 g/mol. The minimum atomic E-state index is -0.390. The summed E-state index contributed by atoms with van der Waals surface area (Å²) in [5.41, 5.74) is 3.46. The Hall–Kier alpha value is -2.44. The van der Waals surface area contributed by atoms with Crippen molar-refractivity contribution >= 4 is 51.9 Å². The van der Waals surface area contributed by atoms with Crippen molar-refractivity contribution in [3.8, 4) is 0 Å². The molecule has 0 aromatic heterocycles. The Morgan fingerprint density at radius 2 is 1.69 bits per heavy atom. The lowest BCUT2D eigenvalue weighted by molar-refractivity contribution is -0.120. The molecule has 0 N–H and O–H groups in total. The number of aryl methyl sites for hydroxylation is 1. The Bertz CT molecular complexity index is 900. The van der Waals surface area contributed by atoms with Gasteiger partial charge >= 0.3 is 0 Å². The number of anilines is 1. The van der Waals surface area contributed by atoms with Crippen molar-refractivity contribution in [3.05, 3.63) is 70.1 Å². The minimum Gasteiger partial charge on any atom is -0.378 e. The van der Waals surface area contributed by atoms with Crippen molar-refractivity contribution < 1.29 is 9.59 Å². The van der Waals surface area contributed by atoms with Crippen molar-refractivity contribution in [2.45, 2.75) is 6.92 Å². The number of imide groups is 1. The fourth-order valence-corrected chi connectivity index (χ4v) is 3.74. The van der Waals surface area contributed by atoms with E-state index in [2.05, 4.69) is 0 Å². The topological polar surface area (TPSA) is 40.6 Å². The van der Waals surface area contributed by atoms with Crippen LogP contribution >= 0.6 is 24.0 Å². The van der Waals surface area contributed by atoms with Crippen LogP contribution in [-0.4, -0.2) is 35.1 Å². The fraction of sp³-hybridized carbons (Fsp3) is 0.150. The van der Waals surface area contributed by atoms with Gasteiger partial charge in [0, 0.05) is 25.3 Å². The molecule has 1 heterocycles.